The standard InChI is InChI=1S/C21H19F3N4O5/c1-12(19(30)26-13-6-8-14(9-7-13)33-21(22,23)24)32-17(29)10-11-25-20(31)18-15-4-2-3-5-16(15)27-28-18/h2-9,12H,10-11H2,1H3,(H,25,31)(H,26,30)(H,27,28). The van der Waals surface area contributed by atoms with E-state index >= 15 is 0 Å². The highest BCUT2D eigenvalue weighted by molar-refractivity contribution is 6.04. The van der Waals surface area contributed by atoms with Gasteiger partial charge >= 0.3 is 12.3 Å². The fraction of sp³-hybridized carbons (Fsp3) is 0.238. The molecular weight excluding hydrogens is 445 g/mol. The quantitative estimate of drug-likeness (QED) is 0.440. The largest absolute Gasteiger partial charge is 0.573 e. The number of rotatable bonds is 8. The number of nitrogens with one attached hydrogen (secondary N) is 3. The molecule has 1 heterocycles. The number of fused-ring (bicyclic) bond motifs is 1. The lowest BCUT2D eigenvalue weighted by Gasteiger charge is -2.14. The first-order chi connectivity index (χ1) is 15.6. The van der Waals surface area contributed by atoms with Crippen LogP contribution in [-0.4, -0.2) is 47.0 Å². The Balaban J connectivity index is 1.42. The van der Waals surface area contributed by atoms with Crippen molar-refractivity contribution in [3.8, 4) is 5.75 Å². The summed E-state index contributed by atoms with van der Waals surface area (Å²) in [5.41, 5.74) is 1.08. The number of alkyl halides is 3. The molecule has 0 spiro atoms. The number of benzene rings is 2. The summed E-state index contributed by atoms with van der Waals surface area (Å²) < 4.78 is 45.3. The van der Waals surface area contributed by atoms with Crippen molar-refractivity contribution >= 4 is 34.4 Å². The van der Waals surface area contributed by atoms with E-state index in [1.807, 2.05) is 0 Å². The van der Waals surface area contributed by atoms with E-state index in [0.29, 0.717) is 10.9 Å². The van der Waals surface area contributed by atoms with E-state index in [-0.39, 0.29) is 24.3 Å². The molecule has 0 aliphatic rings. The summed E-state index contributed by atoms with van der Waals surface area (Å²) in [5.74, 6) is -2.31. The first-order valence-corrected chi connectivity index (χ1v) is 9.70. The molecule has 1 atom stereocenters. The molecule has 3 aromatic rings. The fourth-order valence-electron chi connectivity index (χ4n) is 2.79. The second-order valence-corrected chi connectivity index (χ2v) is 6.82. The van der Waals surface area contributed by atoms with Crippen molar-refractivity contribution in [3.63, 3.8) is 0 Å². The Morgan fingerprint density at radius 2 is 1.79 bits per heavy atom. The maximum absolute atomic E-state index is 12.3. The van der Waals surface area contributed by atoms with E-state index in [2.05, 4.69) is 25.6 Å². The van der Waals surface area contributed by atoms with Gasteiger partial charge < -0.3 is 20.1 Å². The van der Waals surface area contributed by atoms with E-state index in [1.165, 1.54) is 19.1 Å². The highest BCUT2D eigenvalue weighted by atomic mass is 19.4. The van der Waals surface area contributed by atoms with Gasteiger partial charge in [0.2, 0.25) is 0 Å². The summed E-state index contributed by atoms with van der Waals surface area (Å²) in [6.07, 6.45) is -6.18. The van der Waals surface area contributed by atoms with E-state index in [0.717, 1.165) is 12.1 Å². The molecule has 2 amide bonds. The third-order valence-corrected chi connectivity index (χ3v) is 4.33. The van der Waals surface area contributed by atoms with Crippen LogP contribution in [-0.2, 0) is 14.3 Å². The number of ether oxygens (including phenoxy) is 2. The number of anilines is 1. The molecule has 12 heteroatoms. The Kier molecular flexibility index (Phi) is 7.16. The van der Waals surface area contributed by atoms with Gasteiger partial charge in [0.25, 0.3) is 11.8 Å². The van der Waals surface area contributed by atoms with Crippen LogP contribution >= 0.6 is 0 Å². The summed E-state index contributed by atoms with van der Waals surface area (Å²) in [4.78, 5) is 36.4. The van der Waals surface area contributed by atoms with Gasteiger partial charge in [-0.25, -0.2) is 0 Å². The van der Waals surface area contributed by atoms with E-state index in [4.69, 9.17) is 4.74 Å². The Morgan fingerprint density at radius 3 is 2.48 bits per heavy atom. The molecule has 0 saturated heterocycles. The van der Waals surface area contributed by atoms with Gasteiger partial charge in [-0.15, -0.1) is 13.2 Å². The maximum atomic E-state index is 12.3. The van der Waals surface area contributed by atoms with Gasteiger partial charge in [0, 0.05) is 17.6 Å². The Bertz CT molecular complexity index is 1140. The van der Waals surface area contributed by atoms with Crippen molar-refractivity contribution in [2.45, 2.75) is 25.8 Å². The summed E-state index contributed by atoms with van der Waals surface area (Å²) in [6, 6.07) is 11.6. The van der Waals surface area contributed by atoms with Gasteiger partial charge in [-0.1, -0.05) is 18.2 Å². The predicted octanol–water partition coefficient (Wildman–Crippen LogP) is 3.15. The number of carbonyl (C=O) groups excluding carboxylic acids is 3. The van der Waals surface area contributed by atoms with Gasteiger partial charge in [0.05, 0.1) is 11.9 Å². The van der Waals surface area contributed by atoms with Gasteiger partial charge in [-0.3, -0.25) is 19.5 Å². The fourth-order valence-corrected chi connectivity index (χ4v) is 2.79. The molecule has 0 aliphatic carbocycles. The number of hydrogen-bond acceptors (Lipinski definition) is 6. The Hall–Kier alpha value is -4.09. The second-order valence-electron chi connectivity index (χ2n) is 6.82. The molecule has 3 N–H and O–H groups in total. The monoisotopic (exact) mass is 464 g/mol. The zero-order valence-corrected chi connectivity index (χ0v) is 17.2. The van der Waals surface area contributed by atoms with Crippen LogP contribution in [0.25, 0.3) is 10.9 Å². The van der Waals surface area contributed by atoms with Crippen LogP contribution in [0.15, 0.2) is 48.5 Å². The van der Waals surface area contributed by atoms with Gasteiger partial charge in [-0.2, -0.15) is 5.10 Å². The summed E-state index contributed by atoms with van der Waals surface area (Å²) in [6.45, 7) is 1.30. The normalized spacial score (nSPS) is 12.1. The molecule has 2 aromatic carbocycles. The third kappa shape index (κ3) is 6.69. The van der Waals surface area contributed by atoms with E-state index < -0.39 is 36.0 Å². The van der Waals surface area contributed by atoms with Crippen LogP contribution in [0.5, 0.6) is 5.75 Å². The minimum absolute atomic E-state index is 0.0339. The van der Waals surface area contributed by atoms with Gasteiger partial charge in [0.1, 0.15) is 5.75 Å². The first-order valence-electron chi connectivity index (χ1n) is 9.70. The van der Waals surface area contributed by atoms with Crippen LogP contribution in [0.4, 0.5) is 18.9 Å². The van der Waals surface area contributed by atoms with Crippen LogP contribution < -0.4 is 15.4 Å². The van der Waals surface area contributed by atoms with Crippen molar-refractivity contribution in [1.82, 2.24) is 15.5 Å². The molecule has 33 heavy (non-hydrogen) atoms. The molecule has 0 fully saturated rings. The number of halogens is 3. The van der Waals surface area contributed by atoms with Crippen molar-refractivity contribution in [2.75, 3.05) is 11.9 Å². The first kappa shape index (κ1) is 23.6. The molecular formula is C21H19F3N4O5. The molecule has 9 nitrogen and oxygen atoms in total. The van der Waals surface area contributed by atoms with Gasteiger partial charge in [-0.05, 0) is 37.3 Å². The number of hydrogen-bond donors (Lipinski definition) is 3. The lowest BCUT2D eigenvalue weighted by atomic mass is 10.2. The van der Waals surface area contributed by atoms with Crippen LogP contribution in [0.2, 0.25) is 0 Å². The average molecular weight is 464 g/mol. The minimum Gasteiger partial charge on any atom is -0.452 e. The zero-order chi connectivity index (χ0) is 24.0. The van der Waals surface area contributed by atoms with Crippen LogP contribution in [0, 0.1) is 0 Å². The predicted molar refractivity (Wildman–Crippen MR) is 110 cm³/mol. The number of aromatic amines is 1. The second kappa shape index (κ2) is 10.0. The molecule has 1 unspecified atom stereocenters. The topological polar surface area (TPSA) is 122 Å². The van der Waals surface area contributed by atoms with Gasteiger partial charge in [0.15, 0.2) is 11.8 Å². The van der Waals surface area contributed by atoms with E-state index in [1.54, 1.807) is 24.3 Å². The molecule has 0 bridgehead atoms. The smallest absolute Gasteiger partial charge is 0.452 e. The van der Waals surface area contributed by atoms with Crippen molar-refractivity contribution in [2.24, 2.45) is 0 Å². The molecule has 0 aliphatic heterocycles. The van der Waals surface area contributed by atoms with Crippen molar-refractivity contribution < 1.29 is 37.0 Å². The maximum Gasteiger partial charge on any atom is 0.573 e. The minimum atomic E-state index is -4.82. The summed E-state index contributed by atoms with van der Waals surface area (Å²) >= 11 is 0. The number of nitrogens with zero attached hydrogens (tertiary/aromatic N) is 1. The Morgan fingerprint density at radius 1 is 1.09 bits per heavy atom. The number of esters is 1. The number of aromatic nitrogens is 2. The van der Waals surface area contributed by atoms with Crippen LogP contribution in [0.1, 0.15) is 23.8 Å². The molecule has 3 rings (SSSR count). The lowest BCUT2D eigenvalue weighted by molar-refractivity contribution is -0.274. The molecule has 1 aromatic heterocycles. The van der Waals surface area contributed by atoms with Crippen LogP contribution in [0.3, 0.4) is 0 Å². The number of amides is 2. The van der Waals surface area contributed by atoms with Crippen molar-refractivity contribution in [1.29, 1.82) is 0 Å². The highest BCUT2D eigenvalue weighted by Crippen LogP contribution is 2.24. The number of H-pyrrole nitrogens is 1. The Labute approximate surface area is 185 Å². The SMILES string of the molecule is CC(OC(=O)CCNC(=O)c1n[nH]c2ccccc12)C(=O)Nc1ccc(OC(F)(F)F)cc1. The molecule has 0 radical (unpaired) electrons. The number of para-hydroxylation sites is 1. The summed E-state index contributed by atoms with van der Waals surface area (Å²) in [5, 5.41) is 12.3. The summed E-state index contributed by atoms with van der Waals surface area (Å²) in [7, 11) is 0. The van der Waals surface area contributed by atoms with E-state index in [9.17, 15) is 27.6 Å². The molecule has 0 saturated carbocycles. The third-order valence-electron chi connectivity index (χ3n) is 4.33. The van der Waals surface area contributed by atoms with Crippen molar-refractivity contribution in [3.05, 3.63) is 54.2 Å². The lowest BCUT2D eigenvalue weighted by Crippen LogP contribution is -2.32. The number of carbonyl (C=O) groups is 3. The zero-order valence-electron chi connectivity index (χ0n) is 17.2. The molecule has 174 valence electrons. The highest BCUT2D eigenvalue weighted by Gasteiger charge is 2.31. The average Bonchev–Trinajstić information content (AvgIpc) is 3.18.